The molecule has 17 heavy (non-hydrogen) atoms. The van der Waals surface area contributed by atoms with Crippen molar-refractivity contribution in [2.75, 3.05) is 17.2 Å². The molecule has 0 saturated heterocycles. The highest BCUT2D eigenvalue weighted by molar-refractivity contribution is 7.99. The third-order valence-corrected chi connectivity index (χ3v) is 4.74. The molecule has 0 atom stereocenters. The summed E-state index contributed by atoms with van der Waals surface area (Å²) in [5.41, 5.74) is 1.13. The Kier molecular flexibility index (Phi) is 3.10. The maximum absolute atomic E-state index is 12.5. The summed E-state index contributed by atoms with van der Waals surface area (Å²) in [4.78, 5) is 15.8. The van der Waals surface area contributed by atoms with Gasteiger partial charge in [0.2, 0.25) is 5.91 Å². The van der Waals surface area contributed by atoms with Gasteiger partial charge in [0, 0.05) is 23.1 Å². The number of benzene rings is 1. The summed E-state index contributed by atoms with van der Waals surface area (Å²) >= 11 is 1.86. The van der Waals surface area contributed by atoms with Gasteiger partial charge in [-0.15, -0.1) is 11.8 Å². The summed E-state index contributed by atoms with van der Waals surface area (Å²) < 4.78 is 0. The van der Waals surface area contributed by atoms with Crippen LogP contribution in [0.15, 0.2) is 29.2 Å². The van der Waals surface area contributed by atoms with Gasteiger partial charge >= 0.3 is 0 Å². The lowest BCUT2D eigenvalue weighted by molar-refractivity contribution is -0.122. The SMILES string of the molecule is O=C(C1CCCC1)N1CCSc2ccccc21. The van der Waals surface area contributed by atoms with E-state index in [2.05, 4.69) is 18.2 Å². The molecule has 0 unspecified atom stereocenters. The van der Waals surface area contributed by atoms with Gasteiger partial charge in [-0.05, 0) is 25.0 Å². The first-order chi connectivity index (χ1) is 8.36. The van der Waals surface area contributed by atoms with Crippen molar-refractivity contribution in [3.8, 4) is 0 Å². The molecule has 2 aliphatic rings. The molecule has 1 saturated carbocycles. The molecule has 0 aromatic heterocycles. The van der Waals surface area contributed by atoms with Crippen molar-refractivity contribution in [3.63, 3.8) is 0 Å². The number of nitrogens with zero attached hydrogens (tertiary/aromatic N) is 1. The van der Waals surface area contributed by atoms with Crippen molar-refractivity contribution < 1.29 is 4.79 Å². The molecule has 0 radical (unpaired) electrons. The zero-order valence-corrected chi connectivity index (χ0v) is 10.7. The fraction of sp³-hybridized carbons (Fsp3) is 0.500. The monoisotopic (exact) mass is 247 g/mol. The normalized spacial score (nSPS) is 20.4. The number of para-hydroxylation sites is 1. The second-order valence-corrected chi connectivity index (χ2v) is 5.92. The van der Waals surface area contributed by atoms with E-state index >= 15 is 0 Å². The van der Waals surface area contributed by atoms with E-state index in [1.165, 1.54) is 17.7 Å². The molecule has 1 aromatic carbocycles. The maximum atomic E-state index is 12.5. The van der Waals surface area contributed by atoms with Crippen molar-refractivity contribution in [3.05, 3.63) is 24.3 Å². The van der Waals surface area contributed by atoms with Crippen LogP contribution >= 0.6 is 11.8 Å². The Balaban J connectivity index is 1.86. The van der Waals surface area contributed by atoms with Gasteiger partial charge in [0.15, 0.2) is 0 Å². The number of amides is 1. The van der Waals surface area contributed by atoms with Gasteiger partial charge in [-0.2, -0.15) is 0 Å². The van der Waals surface area contributed by atoms with E-state index in [1.54, 1.807) is 0 Å². The fourth-order valence-corrected chi connectivity index (χ4v) is 3.79. The molecule has 0 bridgehead atoms. The van der Waals surface area contributed by atoms with Gasteiger partial charge in [-0.1, -0.05) is 25.0 Å². The lowest BCUT2D eigenvalue weighted by Crippen LogP contribution is -2.38. The third-order valence-electron chi connectivity index (χ3n) is 3.70. The largest absolute Gasteiger partial charge is 0.310 e. The summed E-state index contributed by atoms with van der Waals surface area (Å²) in [5.74, 6) is 1.66. The minimum absolute atomic E-state index is 0.283. The lowest BCUT2D eigenvalue weighted by atomic mass is 10.1. The smallest absolute Gasteiger partial charge is 0.230 e. The van der Waals surface area contributed by atoms with E-state index in [4.69, 9.17) is 0 Å². The molecular formula is C14H17NOS. The van der Waals surface area contributed by atoms with Crippen LogP contribution in [0.5, 0.6) is 0 Å². The van der Waals surface area contributed by atoms with Crippen LogP contribution in [0.25, 0.3) is 0 Å². The Morgan fingerprint density at radius 1 is 1.24 bits per heavy atom. The van der Waals surface area contributed by atoms with E-state index < -0.39 is 0 Å². The molecule has 1 fully saturated rings. The zero-order valence-electron chi connectivity index (χ0n) is 9.89. The number of hydrogen-bond donors (Lipinski definition) is 0. The van der Waals surface area contributed by atoms with Gasteiger partial charge in [0.25, 0.3) is 0 Å². The molecule has 90 valence electrons. The first-order valence-electron chi connectivity index (χ1n) is 6.39. The summed E-state index contributed by atoms with van der Waals surface area (Å²) in [5, 5.41) is 0. The van der Waals surface area contributed by atoms with Crippen LogP contribution in [-0.2, 0) is 4.79 Å². The molecule has 1 aliphatic carbocycles. The quantitative estimate of drug-likeness (QED) is 0.759. The number of anilines is 1. The second-order valence-electron chi connectivity index (χ2n) is 4.79. The fourth-order valence-electron chi connectivity index (χ4n) is 2.79. The van der Waals surface area contributed by atoms with E-state index in [0.717, 1.165) is 30.8 Å². The molecule has 1 aromatic rings. The van der Waals surface area contributed by atoms with Crippen molar-refractivity contribution in [2.45, 2.75) is 30.6 Å². The van der Waals surface area contributed by atoms with Gasteiger partial charge in [-0.25, -0.2) is 0 Å². The number of fused-ring (bicyclic) bond motifs is 1. The summed E-state index contributed by atoms with van der Waals surface area (Å²) in [6, 6.07) is 8.28. The number of carbonyl (C=O) groups is 1. The third kappa shape index (κ3) is 2.08. The van der Waals surface area contributed by atoms with E-state index in [9.17, 15) is 4.79 Å². The molecular weight excluding hydrogens is 230 g/mol. The molecule has 1 amide bonds. The summed E-state index contributed by atoms with van der Waals surface area (Å²) in [6.45, 7) is 0.872. The molecule has 1 aliphatic heterocycles. The molecule has 1 heterocycles. The van der Waals surface area contributed by atoms with E-state index in [0.29, 0.717) is 5.91 Å². The van der Waals surface area contributed by atoms with Crippen LogP contribution in [0.4, 0.5) is 5.69 Å². The minimum Gasteiger partial charge on any atom is -0.310 e. The average Bonchev–Trinajstić information content (AvgIpc) is 2.91. The van der Waals surface area contributed by atoms with Crippen LogP contribution in [0.3, 0.4) is 0 Å². The lowest BCUT2D eigenvalue weighted by Gasteiger charge is -2.30. The van der Waals surface area contributed by atoms with Crippen molar-refractivity contribution in [1.29, 1.82) is 0 Å². The Morgan fingerprint density at radius 2 is 2.00 bits per heavy atom. The van der Waals surface area contributed by atoms with E-state index in [1.807, 2.05) is 22.7 Å². The van der Waals surface area contributed by atoms with Crippen LogP contribution in [0, 0.1) is 5.92 Å². The predicted octanol–water partition coefficient (Wildman–Crippen LogP) is 3.32. The average molecular weight is 247 g/mol. The van der Waals surface area contributed by atoms with Crippen LogP contribution in [-0.4, -0.2) is 18.2 Å². The highest BCUT2D eigenvalue weighted by Gasteiger charge is 2.30. The molecule has 2 nitrogen and oxygen atoms in total. The standard InChI is InChI=1S/C14H17NOS/c16-14(11-5-1-2-6-11)15-9-10-17-13-8-4-3-7-12(13)15/h3-4,7-8,11H,1-2,5-6,9-10H2. The molecule has 3 heteroatoms. The predicted molar refractivity (Wildman–Crippen MR) is 71.5 cm³/mol. The maximum Gasteiger partial charge on any atom is 0.230 e. The summed E-state index contributed by atoms with van der Waals surface area (Å²) in [7, 11) is 0. The number of carbonyl (C=O) groups excluding carboxylic acids is 1. The summed E-state index contributed by atoms with van der Waals surface area (Å²) in [6.07, 6.45) is 4.62. The van der Waals surface area contributed by atoms with Crippen LogP contribution < -0.4 is 4.90 Å². The first-order valence-corrected chi connectivity index (χ1v) is 7.38. The molecule has 0 N–H and O–H groups in total. The Labute approximate surface area is 106 Å². The number of hydrogen-bond acceptors (Lipinski definition) is 2. The Morgan fingerprint density at radius 3 is 2.82 bits per heavy atom. The highest BCUT2D eigenvalue weighted by Crippen LogP contribution is 2.37. The van der Waals surface area contributed by atoms with Crippen molar-refractivity contribution in [2.24, 2.45) is 5.92 Å². The topological polar surface area (TPSA) is 20.3 Å². The van der Waals surface area contributed by atoms with Crippen LogP contribution in [0.2, 0.25) is 0 Å². The molecule has 0 spiro atoms. The van der Waals surface area contributed by atoms with Gasteiger partial charge in [0.1, 0.15) is 0 Å². The first kappa shape index (κ1) is 11.1. The minimum atomic E-state index is 0.283. The van der Waals surface area contributed by atoms with Gasteiger partial charge in [0.05, 0.1) is 5.69 Å². The van der Waals surface area contributed by atoms with Gasteiger partial charge in [-0.3, -0.25) is 4.79 Å². The molecule has 3 rings (SSSR count). The second kappa shape index (κ2) is 4.73. The number of thioether (sulfide) groups is 1. The van der Waals surface area contributed by atoms with E-state index in [-0.39, 0.29) is 5.92 Å². The zero-order chi connectivity index (χ0) is 11.7. The number of rotatable bonds is 1. The van der Waals surface area contributed by atoms with Crippen molar-refractivity contribution >= 4 is 23.4 Å². The highest BCUT2D eigenvalue weighted by atomic mass is 32.2. The Hall–Kier alpha value is -0.960. The van der Waals surface area contributed by atoms with Crippen molar-refractivity contribution in [1.82, 2.24) is 0 Å². The van der Waals surface area contributed by atoms with Crippen LogP contribution in [0.1, 0.15) is 25.7 Å². The van der Waals surface area contributed by atoms with Gasteiger partial charge < -0.3 is 4.90 Å². The Bertz CT molecular complexity index is 426.